The number of H-pyrrole nitrogens is 1. The third kappa shape index (κ3) is 1.35. The molecule has 0 aromatic carbocycles. The number of aromatic amines is 1. The van der Waals surface area contributed by atoms with Crippen LogP contribution in [0.15, 0.2) is 6.33 Å². The van der Waals surface area contributed by atoms with Crippen molar-refractivity contribution in [3.63, 3.8) is 0 Å². The minimum Gasteiger partial charge on any atom is -0.371 e. The highest BCUT2D eigenvalue weighted by atomic mass is 15.1. The van der Waals surface area contributed by atoms with Crippen molar-refractivity contribution < 1.29 is 0 Å². The van der Waals surface area contributed by atoms with Crippen LogP contribution in [0.4, 0.5) is 5.82 Å². The first-order chi connectivity index (χ1) is 7.83. The highest BCUT2D eigenvalue weighted by Crippen LogP contribution is 2.48. The summed E-state index contributed by atoms with van der Waals surface area (Å²) >= 11 is 0. The van der Waals surface area contributed by atoms with Crippen LogP contribution in [0.25, 0.3) is 11.2 Å². The maximum atomic E-state index is 4.53. The van der Waals surface area contributed by atoms with Gasteiger partial charge in [-0.3, -0.25) is 0 Å². The summed E-state index contributed by atoms with van der Waals surface area (Å²) in [6.45, 7) is 2.23. The van der Waals surface area contributed by atoms with E-state index < -0.39 is 0 Å². The fraction of sp³-hybridized carbons (Fsp3) is 0.545. The van der Waals surface area contributed by atoms with Gasteiger partial charge in [0.25, 0.3) is 0 Å². The first-order valence-corrected chi connectivity index (χ1v) is 5.71. The second-order valence-corrected chi connectivity index (χ2v) is 4.30. The SMILES string of the molecule is CCC1CC1c1nc2ncnc(NC)c2[nH]1. The first kappa shape index (κ1) is 9.57. The fourth-order valence-corrected chi connectivity index (χ4v) is 2.25. The number of nitrogens with zero attached hydrogens (tertiary/aromatic N) is 3. The molecule has 5 heteroatoms. The summed E-state index contributed by atoms with van der Waals surface area (Å²) in [5, 5.41) is 3.05. The van der Waals surface area contributed by atoms with Crippen LogP contribution in [0.2, 0.25) is 0 Å². The van der Waals surface area contributed by atoms with Crippen molar-refractivity contribution in [2.75, 3.05) is 12.4 Å². The molecule has 0 saturated heterocycles. The molecule has 2 aromatic heterocycles. The maximum Gasteiger partial charge on any atom is 0.183 e. The predicted molar refractivity (Wildman–Crippen MR) is 62.4 cm³/mol. The number of hydrogen-bond acceptors (Lipinski definition) is 4. The van der Waals surface area contributed by atoms with Crippen molar-refractivity contribution in [1.29, 1.82) is 0 Å². The van der Waals surface area contributed by atoms with Crippen LogP contribution >= 0.6 is 0 Å². The molecule has 2 unspecified atom stereocenters. The summed E-state index contributed by atoms with van der Waals surface area (Å²) in [5.74, 6) is 3.28. The Morgan fingerprint density at radius 2 is 2.38 bits per heavy atom. The molecule has 3 rings (SSSR count). The molecule has 5 nitrogen and oxygen atoms in total. The van der Waals surface area contributed by atoms with Gasteiger partial charge in [-0.25, -0.2) is 15.0 Å². The van der Waals surface area contributed by atoms with E-state index >= 15 is 0 Å². The summed E-state index contributed by atoms with van der Waals surface area (Å²) in [6, 6.07) is 0. The van der Waals surface area contributed by atoms with Crippen molar-refractivity contribution in [2.24, 2.45) is 5.92 Å². The van der Waals surface area contributed by atoms with E-state index in [-0.39, 0.29) is 0 Å². The Bertz CT molecular complexity index is 518. The van der Waals surface area contributed by atoms with Crippen LogP contribution in [0.1, 0.15) is 31.5 Å². The van der Waals surface area contributed by atoms with Gasteiger partial charge in [0, 0.05) is 13.0 Å². The zero-order valence-electron chi connectivity index (χ0n) is 9.49. The summed E-state index contributed by atoms with van der Waals surface area (Å²) in [6.07, 6.45) is 4.02. The standard InChI is InChI=1S/C11H15N5/c1-3-6-4-7(6)9-15-8-10(12-2)13-5-14-11(8)16-9/h5-7H,3-4H2,1-2H3,(H2,12,13,14,15,16). The summed E-state index contributed by atoms with van der Waals surface area (Å²) < 4.78 is 0. The molecule has 0 bridgehead atoms. The third-order valence-electron chi connectivity index (χ3n) is 3.34. The average molecular weight is 217 g/mol. The van der Waals surface area contributed by atoms with Gasteiger partial charge in [0.15, 0.2) is 11.5 Å². The molecule has 0 aliphatic heterocycles. The molecule has 2 heterocycles. The Labute approximate surface area is 93.7 Å². The highest BCUT2D eigenvalue weighted by Gasteiger charge is 2.39. The van der Waals surface area contributed by atoms with Crippen molar-refractivity contribution in [3.05, 3.63) is 12.2 Å². The van der Waals surface area contributed by atoms with Crippen LogP contribution in [0.3, 0.4) is 0 Å². The fourth-order valence-electron chi connectivity index (χ4n) is 2.25. The molecule has 84 valence electrons. The van der Waals surface area contributed by atoms with Crippen molar-refractivity contribution in [3.8, 4) is 0 Å². The zero-order valence-corrected chi connectivity index (χ0v) is 9.49. The molecule has 2 aromatic rings. The highest BCUT2D eigenvalue weighted by molar-refractivity contribution is 5.82. The van der Waals surface area contributed by atoms with Gasteiger partial charge in [0.1, 0.15) is 17.7 Å². The molecule has 16 heavy (non-hydrogen) atoms. The van der Waals surface area contributed by atoms with E-state index in [0.717, 1.165) is 28.7 Å². The second-order valence-electron chi connectivity index (χ2n) is 4.30. The van der Waals surface area contributed by atoms with E-state index in [1.165, 1.54) is 12.8 Å². The van der Waals surface area contributed by atoms with E-state index in [2.05, 4.69) is 32.2 Å². The van der Waals surface area contributed by atoms with E-state index in [9.17, 15) is 0 Å². The molecular weight excluding hydrogens is 202 g/mol. The average Bonchev–Trinajstić information content (AvgIpc) is 2.99. The van der Waals surface area contributed by atoms with E-state index in [4.69, 9.17) is 0 Å². The lowest BCUT2D eigenvalue weighted by atomic mass is 10.2. The molecule has 1 aliphatic rings. The van der Waals surface area contributed by atoms with Crippen LogP contribution in [-0.4, -0.2) is 27.0 Å². The van der Waals surface area contributed by atoms with Gasteiger partial charge in [0.05, 0.1) is 0 Å². The van der Waals surface area contributed by atoms with Crippen LogP contribution in [-0.2, 0) is 0 Å². The van der Waals surface area contributed by atoms with Gasteiger partial charge < -0.3 is 10.3 Å². The van der Waals surface area contributed by atoms with Crippen molar-refractivity contribution >= 4 is 17.0 Å². The van der Waals surface area contributed by atoms with Gasteiger partial charge in [-0.15, -0.1) is 0 Å². The van der Waals surface area contributed by atoms with Crippen molar-refractivity contribution in [2.45, 2.75) is 25.7 Å². The number of fused-ring (bicyclic) bond motifs is 1. The van der Waals surface area contributed by atoms with Crippen LogP contribution in [0, 0.1) is 5.92 Å². The lowest BCUT2D eigenvalue weighted by Crippen LogP contribution is -1.93. The van der Waals surface area contributed by atoms with Gasteiger partial charge >= 0.3 is 0 Å². The molecule has 2 atom stereocenters. The minimum absolute atomic E-state index is 0.601. The third-order valence-corrected chi connectivity index (χ3v) is 3.34. The number of nitrogens with one attached hydrogen (secondary N) is 2. The normalized spacial score (nSPS) is 23.6. The van der Waals surface area contributed by atoms with Gasteiger partial charge in [-0.2, -0.15) is 0 Å². The van der Waals surface area contributed by atoms with Crippen LogP contribution < -0.4 is 5.32 Å². The molecule has 2 N–H and O–H groups in total. The predicted octanol–water partition coefficient (Wildman–Crippen LogP) is 1.91. The van der Waals surface area contributed by atoms with E-state index in [0.29, 0.717) is 5.92 Å². The van der Waals surface area contributed by atoms with Gasteiger partial charge in [-0.1, -0.05) is 13.3 Å². The monoisotopic (exact) mass is 217 g/mol. The summed E-state index contributed by atoms with van der Waals surface area (Å²) in [7, 11) is 1.86. The number of hydrogen-bond donors (Lipinski definition) is 2. The number of rotatable bonds is 3. The van der Waals surface area contributed by atoms with Crippen molar-refractivity contribution in [1.82, 2.24) is 19.9 Å². The zero-order chi connectivity index (χ0) is 11.1. The molecule has 0 radical (unpaired) electrons. The lowest BCUT2D eigenvalue weighted by molar-refractivity contribution is 0.749. The summed E-state index contributed by atoms with van der Waals surface area (Å²) in [4.78, 5) is 16.2. The Balaban J connectivity index is 2.03. The Kier molecular flexibility index (Phi) is 2.05. The second kappa shape index (κ2) is 3.43. The molecule has 0 spiro atoms. The Morgan fingerprint density at radius 3 is 3.06 bits per heavy atom. The lowest BCUT2D eigenvalue weighted by Gasteiger charge is -1.97. The Morgan fingerprint density at radius 1 is 1.50 bits per heavy atom. The van der Waals surface area contributed by atoms with Gasteiger partial charge in [0.2, 0.25) is 0 Å². The number of anilines is 1. The molecular formula is C11H15N5. The van der Waals surface area contributed by atoms with E-state index in [1.54, 1.807) is 6.33 Å². The smallest absolute Gasteiger partial charge is 0.183 e. The molecule has 1 saturated carbocycles. The van der Waals surface area contributed by atoms with Crippen LogP contribution in [0.5, 0.6) is 0 Å². The minimum atomic E-state index is 0.601. The largest absolute Gasteiger partial charge is 0.371 e. The Hall–Kier alpha value is -1.65. The topological polar surface area (TPSA) is 66.5 Å². The number of imidazole rings is 1. The summed E-state index contributed by atoms with van der Waals surface area (Å²) in [5.41, 5.74) is 1.68. The molecule has 1 fully saturated rings. The molecule has 0 amide bonds. The van der Waals surface area contributed by atoms with E-state index in [1.807, 2.05) is 7.05 Å². The number of aromatic nitrogens is 4. The maximum absolute atomic E-state index is 4.53. The first-order valence-electron chi connectivity index (χ1n) is 5.71. The molecule has 1 aliphatic carbocycles. The van der Waals surface area contributed by atoms with Gasteiger partial charge in [-0.05, 0) is 12.3 Å². The quantitative estimate of drug-likeness (QED) is 0.824.